The molecule has 1 amide bonds. The Bertz CT molecular complexity index is 1020. The van der Waals surface area contributed by atoms with Gasteiger partial charge in [0.1, 0.15) is 5.75 Å². The van der Waals surface area contributed by atoms with Gasteiger partial charge in [0.05, 0.1) is 28.9 Å². The molecule has 5 rings (SSSR count). The van der Waals surface area contributed by atoms with Crippen molar-refractivity contribution in [1.82, 2.24) is 9.66 Å². The van der Waals surface area contributed by atoms with Crippen molar-refractivity contribution >= 4 is 23.4 Å². The summed E-state index contributed by atoms with van der Waals surface area (Å²) >= 11 is 1.72. The first-order valence-corrected chi connectivity index (χ1v) is 9.66. The second-order valence-electron chi connectivity index (χ2n) is 6.67. The standard InChI is InChI=1S/C20H18N4O2S/c1-12-10-21-20-24(12)23-18(13-5-3-2-4-6-13)19(27-20)14-7-8-16-15(9-14)22-17(25)11-26-16/h2-10,18-19,23H,11H2,1H3,(H,22,25). The lowest BCUT2D eigenvalue weighted by molar-refractivity contribution is -0.118. The third kappa shape index (κ3) is 2.84. The summed E-state index contributed by atoms with van der Waals surface area (Å²) in [6.45, 7) is 2.10. The van der Waals surface area contributed by atoms with Crippen LogP contribution in [0.15, 0.2) is 59.9 Å². The number of thioether (sulfide) groups is 1. The minimum absolute atomic E-state index is 0.0647. The van der Waals surface area contributed by atoms with Crippen molar-refractivity contribution in [2.24, 2.45) is 0 Å². The monoisotopic (exact) mass is 378 g/mol. The van der Waals surface area contributed by atoms with E-state index >= 15 is 0 Å². The quantitative estimate of drug-likeness (QED) is 0.712. The van der Waals surface area contributed by atoms with Gasteiger partial charge in [-0.15, -0.1) is 0 Å². The number of amides is 1. The van der Waals surface area contributed by atoms with Gasteiger partial charge in [0.2, 0.25) is 0 Å². The predicted octanol–water partition coefficient (Wildman–Crippen LogP) is 3.65. The Hall–Kier alpha value is -2.93. The summed E-state index contributed by atoms with van der Waals surface area (Å²) < 4.78 is 7.54. The highest BCUT2D eigenvalue weighted by Gasteiger charge is 2.33. The molecule has 0 fully saturated rings. The van der Waals surface area contributed by atoms with Gasteiger partial charge in [-0.2, -0.15) is 0 Å². The van der Waals surface area contributed by atoms with E-state index in [0.717, 1.165) is 22.1 Å². The third-order valence-corrected chi connectivity index (χ3v) is 6.13. The lowest BCUT2D eigenvalue weighted by Crippen LogP contribution is -2.31. The maximum atomic E-state index is 11.7. The maximum absolute atomic E-state index is 11.7. The first kappa shape index (κ1) is 16.3. The first-order chi connectivity index (χ1) is 13.2. The summed E-state index contributed by atoms with van der Waals surface area (Å²) in [6, 6.07) is 16.5. The number of aryl methyl sites for hydroxylation is 1. The molecule has 0 aliphatic carbocycles. The summed E-state index contributed by atoms with van der Waals surface area (Å²) in [5.41, 5.74) is 7.72. The number of hydrogen-bond acceptors (Lipinski definition) is 5. The van der Waals surface area contributed by atoms with E-state index in [-0.39, 0.29) is 23.8 Å². The number of aromatic nitrogens is 2. The molecule has 2 atom stereocenters. The molecule has 2 unspecified atom stereocenters. The van der Waals surface area contributed by atoms with Gasteiger partial charge in [-0.3, -0.25) is 4.79 Å². The molecule has 136 valence electrons. The number of rotatable bonds is 2. The number of nitrogens with one attached hydrogen (secondary N) is 2. The number of nitrogens with zero attached hydrogens (tertiary/aromatic N) is 2. The van der Waals surface area contributed by atoms with Gasteiger partial charge in [0.15, 0.2) is 11.8 Å². The molecule has 0 spiro atoms. The molecule has 2 N–H and O–H groups in total. The molecular formula is C20H18N4O2S. The van der Waals surface area contributed by atoms with E-state index in [1.807, 2.05) is 36.0 Å². The van der Waals surface area contributed by atoms with Crippen LogP contribution in [0.2, 0.25) is 0 Å². The fourth-order valence-electron chi connectivity index (χ4n) is 3.49. The van der Waals surface area contributed by atoms with Gasteiger partial charge < -0.3 is 15.5 Å². The van der Waals surface area contributed by atoms with Gasteiger partial charge in [-0.25, -0.2) is 9.66 Å². The molecule has 0 bridgehead atoms. The molecule has 3 aromatic rings. The average Bonchev–Trinajstić information content (AvgIpc) is 3.07. The average molecular weight is 378 g/mol. The van der Waals surface area contributed by atoms with Crippen LogP contribution in [0.3, 0.4) is 0 Å². The number of carbonyl (C=O) groups is 1. The van der Waals surface area contributed by atoms with E-state index in [0.29, 0.717) is 5.75 Å². The van der Waals surface area contributed by atoms with Crippen molar-refractivity contribution in [3.05, 3.63) is 71.5 Å². The van der Waals surface area contributed by atoms with E-state index in [1.54, 1.807) is 11.8 Å². The number of anilines is 1. The summed E-state index contributed by atoms with van der Waals surface area (Å²) in [6.07, 6.45) is 1.88. The molecule has 6 nitrogen and oxygen atoms in total. The molecule has 0 saturated heterocycles. The number of benzene rings is 2. The summed E-state index contributed by atoms with van der Waals surface area (Å²) in [5.74, 6) is 0.584. The number of carbonyl (C=O) groups excluding carboxylic acids is 1. The summed E-state index contributed by atoms with van der Waals surface area (Å²) in [4.78, 5) is 16.2. The predicted molar refractivity (Wildman–Crippen MR) is 105 cm³/mol. The Balaban J connectivity index is 1.58. The SMILES string of the molecule is Cc1cnc2n1NC(c1ccccc1)C(c1ccc3c(c1)NC(=O)CO3)S2. The zero-order valence-electron chi connectivity index (χ0n) is 14.7. The van der Waals surface area contributed by atoms with E-state index < -0.39 is 0 Å². The van der Waals surface area contributed by atoms with Crippen molar-refractivity contribution in [2.45, 2.75) is 23.4 Å². The molecule has 1 aromatic heterocycles. The number of fused-ring (bicyclic) bond motifs is 2. The highest BCUT2D eigenvalue weighted by molar-refractivity contribution is 7.99. The number of imidazole rings is 1. The normalized spacial score (nSPS) is 20.7. The van der Waals surface area contributed by atoms with Crippen LogP contribution in [-0.2, 0) is 4.79 Å². The van der Waals surface area contributed by atoms with E-state index in [2.05, 4.69) is 46.1 Å². The van der Waals surface area contributed by atoms with Crippen molar-refractivity contribution < 1.29 is 9.53 Å². The Morgan fingerprint density at radius 2 is 2.04 bits per heavy atom. The van der Waals surface area contributed by atoms with Crippen LogP contribution >= 0.6 is 11.8 Å². The van der Waals surface area contributed by atoms with Gasteiger partial charge >= 0.3 is 0 Å². The van der Waals surface area contributed by atoms with Crippen molar-refractivity contribution in [3.63, 3.8) is 0 Å². The van der Waals surface area contributed by atoms with Crippen LogP contribution in [0.25, 0.3) is 0 Å². The Kier molecular flexibility index (Phi) is 3.82. The second-order valence-corrected chi connectivity index (χ2v) is 7.77. The Morgan fingerprint density at radius 1 is 1.19 bits per heavy atom. The van der Waals surface area contributed by atoms with E-state index in [1.165, 1.54) is 5.56 Å². The molecule has 3 heterocycles. The molecule has 2 aliphatic rings. The van der Waals surface area contributed by atoms with Crippen LogP contribution in [-0.4, -0.2) is 22.2 Å². The van der Waals surface area contributed by atoms with Crippen molar-refractivity contribution in [1.29, 1.82) is 0 Å². The highest BCUT2D eigenvalue weighted by Crippen LogP contribution is 2.48. The third-order valence-electron chi connectivity index (χ3n) is 4.83. The minimum Gasteiger partial charge on any atom is -0.482 e. The van der Waals surface area contributed by atoms with Gasteiger partial charge in [-0.1, -0.05) is 48.2 Å². The van der Waals surface area contributed by atoms with Crippen LogP contribution in [0.1, 0.15) is 28.1 Å². The fraction of sp³-hybridized carbons (Fsp3) is 0.200. The molecule has 0 saturated carbocycles. The van der Waals surface area contributed by atoms with Crippen molar-refractivity contribution in [3.8, 4) is 5.75 Å². The lowest BCUT2D eigenvalue weighted by Gasteiger charge is -2.35. The smallest absolute Gasteiger partial charge is 0.262 e. The topological polar surface area (TPSA) is 68.2 Å². The second kappa shape index (κ2) is 6.35. The Morgan fingerprint density at radius 3 is 2.89 bits per heavy atom. The number of ether oxygens (including phenoxy) is 1. The maximum Gasteiger partial charge on any atom is 0.262 e. The fourth-order valence-corrected chi connectivity index (χ4v) is 4.77. The minimum atomic E-state index is -0.125. The van der Waals surface area contributed by atoms with Crippen LogP contribution in [0, 0.1) is 6.92 Å². The zero-order valence-corrected chi connectivity index (χ0v) is 15.5. The lowest BCUT2D eigenvalue weighted by atomic mass is 9.98. The van der Waals surface area contributed by atoms with Gasteiger partial charge in [0, 0.05) is 0 Å². The van der Waals surface area contributed by atoms with E-state index in [9.17, 15) is 4.79 Å². The van der Waals surface area contributed by atoms with Crippen LogP contribution in [0.4, 0.5) is 5.69 Å². The summed E-state index contributed by atoms with van der Waals surface area (Å²) in [5, 5.41) is 3.94. The molecule has 7 heteroatoms. The van der Waals surface area contributed by atoms with Gasteiger partial charge in [0.25, 0.3) is 5.91 Å². The molecular weight excluding hydrogens is 360 g/mol. The van der Waals surface area contributed by atoms with E-state index in [4.69, 9.17) is 4.74 Å². The Labute approximate surface area is 160 Å². The molecule has 27 heavy (non-hydrogen) atoms. The zero-order chi connectivity index (χ0) is 18.4. The first-order valence-electron chi connectivity index (χ1n) is 8.78. The van der Waals surface area contributed by atoms with Crippen molar-refractivity contribution in [2.75, 3.05) is 17.3 Å². The van der Waals surface area contributed by atoms with Crippen LogP contribution < -0.4 is 15.5 Å². The van der Waals surface area contributed by atoms with Crippen LogP contribution in [0.5, 0.6) is 5.75 Å². The highest BCUT2D eigenvalue weighted by atomic mass is 32.2. The molecule has 0 radical (unpaired) electrons. The molecule has 2 aromatic carbocycles. The molecule has 2 aliphatic heterocycles. The summed E-state index contributed by atoms with van der Waals surface area (Å²) in [7, 11) is 0. The number of hydrogen-bond donors (Lipinski definition) is 2. The van der Waals surface area contributed by atoms with Gasteiger partial charge in [-0.05, 0) is 30.2 Å². The largest absolute Gasteiger partial charge is 0.482 e.